The number of benzene rings is 2. The first kappa shape index (κ1) is 31.6. The van der Waals surface area contributed by atoms with Crippen molar-refractivity contribution in [3.05, 3.63) is 87.5 Å². The van der Waals surface area contributed by atoms with Gasteiger partial charge in [0, 0.05) is 24.1 Å². The fourth-order valence-corrected chi connectivity index (χ4v) is 6.20. The van der Waals surface area contributed by atoms with Crippen LogP contribution >= 0.6 is 0 Å². The molecule has 2 aromatic carbocycles. The average Bonchev–Trinajstić information content (AvgIpc) is 3.31. The van der Waals surface area contributed by atoms with Gasteiger partial charge < -0.3 is 24.2 Å². The third kappa shape index (κ3) is 6.40. The number of nitro groups is 1. The Morgan fingerprint density at radius 3 is 2.33 bits per heavy atom. The predicted octanol–water partition coefficient (Wildman–Crippen LogP) is 2.36. The van der Waals surface area contributed by atoms with Gasteiger partial charge in [0.05, 0.1) is 51.9 Å². The van der Waals surface area contributed by atoms with Crippen LogP contribution in [0.4, 0.5) is 0 Å². The molecule has 1 N–H and O–H groups in total. The van der Waals surface area contributed by atoms with Gasteiger partial charge in [0.15, 0.2) is 0 Å². The van der Waals surface area contributed by atoms with Gasteiger partial charge >= 0.3 is 11.9 Å². The molecule has 0 saturated carbocycles. The van der Waals surface area contributed by atoms with E-state index in [0.29, 0.717) is 11.3 Å². The van der Waals surface area contributed by atoms with Gasteiger partial charge in [0.1, 0.15) is 11.8 Å². The number of likely N-dealkylation sites (tertiary alicyclic amines) is 1. The Balaban J connectivity index is 1.80. The summed E-state index contributed by atoms with van der Waals surface area (Å²) in [5.74, 6) is -2.51. The number of methoxy groups -OCH3 is 2. The molecule has 1 unspecified atom stereocenters. The van der Waals surface area contributed by atoms with Crippen LogP contribution in [0.15, 0.2) is 66.2 Å². The van der Waals surface area contributed by atoms with E-state index in [1.165, 1.54) is 25.2 Å². The maximum absolute atomic E-state index is 14.3. The summed E-state index contributed by atoms with van der Waals surface area (Å²) in [4.78, 5) is 55.6. The highest BCUT2D eigenvalue weighted by molar-refractivity contribution is 5.99. The smallest absolute Gasteiger partial charge is 0.328 e. The second kappa shape index (κ2) is 13.8. The molecule has 1 fully saturated rings. The molecule has 12 heteroatoms. The molecule has 0 aromatic heterocycles. The minimum absolute atomic E-state index is 0.0197. The van der Waals surface area contributed by atoms with Gasteiger partial charge in [0.25, 0.3) is 11.4 Å². The molecule has 4 atom stereocenters. The van der Waals surface area contributed by atoms with Gasteiger partial charge in [-0.15, -0.1) is 0 Å². The lowest BCUT2D eigenvalue weighted by Gasteiger charge is -2.38. The molecule has 0 bridgehead atoms. The maximum Gasteiger partial charge on any atom is 0.328 e. The third-order valence-corrected chi connectivity index (χ3v) is 8.29. The molecule has 12 nitrogen and oxygen atoms in total. The first-order valence-corrected chi connectivity index (χ1v) is 14.1. The zero-order valence-electron chi connectivity index (χ0n) is 24.5. The minimum atomic E-state index is -2.06. The summed E-state index contributed by atoms with van der Waals surface area (Å²) in [6.45, 7) is 1.23. The highest BCUT2D eigenvalue weighted by Gasteiger charge is 2.66. The van der Waals surface area contributed by atoms with Crippen molar-refractivity contribution < 1.29 is 38.6 Å². The summed E-state index contributed by atoms with van der Waals surface area (Å²) in [6.07, 6.45) is 1.03. The molecule has 1 saturated heterocycles. The summed E-state index contributed by atoms with van der Waals surface area (Å²) < 4.78 is 15.4. The number of carbonyl (C=O) groups excluding carboxylic acids is 3. The average molecular weight is 596 g/mol. The number of carbonyl (C=O) groups is 3. The van der Waals surface area contributed by atoms with Crippen LogP contribution in [0, 0.1) is 16.0 Å². The molecule has 0 spiro atoms. The Morgan fingerprint density at radius 2 is 1.74 bits per heavy atom. The van der Waals surface area contributed by atoms with E-state index in [0.717, 1.165) is 5.56 Å². The number of hydrogen-bond acceptors (Lipinski definition) is 10. The number of hydrogen-bond donors (Lipinski definition) is 1. The Hall–Kier alpha value is -4.29. The van der Waals surface area contributed by atoms with E-state index in [9.17, 15) is 29.6 Å². The Morgan fingerprint density at radius 1 is 1.07 bits per heavy atom. The molecular weight excluding hydrogens is 558 g/mol. The summed E-state index contributed by atoms with van der Waals surface area (Å²) in [5.41, 5.74) is -0.668. The van der Waals surface area contributed by atoms with E-state index in [-0.39, 0.29) is 44.7 Å². The van der Waals surface area contributed by atoms with Crippen molar-refractivity contribution in [1.29, 1.82) is 0 Å². The number of aliphatic hydroxyl groups excluding tert-OH is 1. The molecule has 2 aromatic rings. The van der Waals surface area contributed by atoms with Crippen LogP contribution in [0.25, 0.3) is 0 Å². The number of aliphatic hydroxyl groups is 1. The van der Waals surface area contributed by atoms with Crippen molar-refractivity contribution in [2.24, 2.45) is 5.92 Å². The maximum atomic E-state index is 14.3. The van der Waals surface area contributed by atoms with E-state index >= 15 is 0 Å². The number of amides is 1. The van der Waals surface area contributed by atoms with Crippen LogP contribution in [-0.4, -0.2) is 89.3 Å². The standard InChI is InChI=1S/C31H37N3O9/c1-4-43-28(36)16-25-27(19-35)32(17-21-8-6-5-7-9-21)20-31(25,34(39)40)24-14-15-26(30(38)42-3)33(29(24)37)18-22-10-12-23(41-2)13-11-22/h5-14,25-27,35H,4,15-20H2,1-3H3/t25-,26?,27-,31+/m1/s1. The SMILES string of the molecule is CCOC(=O)C[C@@H]1[C@@H](CO)N(Cc2ccccc2)C[C@@]1(C1=CCC(C(=O)OC)N(Cc2ccc(OC)cc2)C1=O)[N+](=O)[O-]. The van der Waals surface area contributed by atoms with Crippen LogP contribution in [0.3, 0.4) is 0 Å². The normalized spacial score (nSPS) is 23.9. The van der Waals surface area contributed by atoms with Crippen molar-refractivity contribution in [2.45, 2.75) is 50.5 Å². The van der Waals surface area contributed by atoms with Gasteiger partial charge in [-0.3, -0.25) is 24.6 Å². The van der Waals surface area contributed by atoms with Crippen molar-refractivity contribution in [1.82, 2.24) is 9.80 Å². The van der Waals surface area contributed by atoms with E-state index in [4.69, 9.17) is 14.2 Å². The molecule has 2 aliphatic heterocycles. The number of esters is 2. The summed E-state index contributed by atoms with van der Waals surface area (Å²) in [6, 6.07) is 14.3. The van der Waals surface area contributed by atoms with Crippen LogP contribution in [0.1, 0.15) is 30.9 Å². The predicted molar refractivity (Wildman–Crippen MR) is 154 cm³/mol. The van der Waals surface area contributed by atoms with Crippen LogP contribution < -0.4 is 4.74 Å². The highest BCUT2D eigenvalue weighted by Crippen LogP contribution is 2.46. The molecule has 0 aliphatic carbocycles. The Labute approximate surface area is 250 Å². The first-order valence-electron chi connectivity index (χ1n) is 14.1. The summed E-state index contributed by atoms with van der Waals surface area (Å²) in [5, 5.41) is 23.8. The second-order valence-corrected chi connectivity index (χ2v) is 10.6. The Bertz CT molecular complexity index is 1350. The largest absolute Gasteiger partial charge is 0.497 e. The first-order chi connectivity index (χ1) is 20.7. The highest BCUT2D eigenvalue weighted by atomic mass is 16.6. The monoisotopic (exact) mass is 595 g/mol. The van der Waals surface area contributed by atoms with Crippen molar-refractivity contribution in [2.75, 3.05) is 34.0 Å². The molecule has 4 rings (SSSR count). The van der Waals surface area contributed by atoms with Crippen LogP contribution in [-0.2, 0) is 36.9 Å². The lowest BCUT2D eigenvalue weighted by atomic mass is 9.74. The number of rotatable bonds is 12. The zero-order chi connectivity index (χ0) is 31.1. The van der Waals surface area contributed by atoms with E-state index in [1.807, 2.05) is 30.3 Å². The molecular formula is C31H37N3O9. The molecule has 230 valence electrons. The number of nitrogens with zero attached hydrogens (tertiary/aromatic N) is 3. The van der Waals surface area contributed by atoms with Gasteiger partial charge in [-0.2, -0.15) is 0 Å². The van der Waals surface area contributed by atoms with E-state index < -0.39 is 52.9 Å². The van der Waals surface area contributed by atoms with Gasteiger partial charge in [-0.05, 0) is 36.6 Å². The quantitative estimate of drug-likeness (QED) is 0.220. The molecule has 0 radical (unpaired) electrons. The fourth-order valence-electron chi connectivity index (χ4n) is 6.20. The van der Waals surface area contributed by atoms with E-state index in [1.54, 1.807) is 36.1 Å². The molecule has 2 aliphatic rings. The lowest BCUT2D eigenvalue weighted by molar-refractivity contribution is -0.562. The van der Waals surface area contributed by atoms with Crippen LogP contribution in [0.5, 0.6) is 5.75 Å². The van der Waals surface area contributed by atoms with Gasteiger partial charge in [-0.1, -0.05) is 48.5 Å². The Kier molecular flexibility index (Phi) is 10.1. The lowest BCUT2D eigenvalue weighted by Crippen LogP contribution is -2.57. The third-order valence-electron chi connectivity index (χ3n) is 8.29. The van der Waals surface area contributed by atoms with Crippen LogP contribution in [0.2, 0.25) is 0 Å². The minimum Gasteiger partial charge on any atom is -0.497 e. The summed E-state index contributed by atoms with van der Waals surface area (Å²) >= 11 is 0. The fraction of sp³-hybridized carbons (Fsp3) is 0.452. The molecule has 1 amide bonds. The van der Waals surface area contributed by atoms with Crippen molar-refractivity contribution in [3.63, 3.8) is 0 Å². The molecule has 2 heterocycles. The van der Waals surface area contributed by atoms with Gasteiger partial charge in [-0.25, -0.2) is 4.79 Å². The second-order valence-electron chi connectivity index (χ2n) is 10.6. The molecule has 43 heavy (non-hydrogen) atoms. The van der Waals surface area contributed by atoms with Gasteiger partial charge in [0.2, 0.25) is 0 Å². The topological polar surface area (TPSA) is 149 Å². The number of ether oxygens (including phenoxy) is 3. The van der Waals surface area contributed by atoms with E-state index in [2.05, 4.69) is 0 Å². The summed E-state index contributed by atoms with van der Waals surface area (Å²) in [7, 11) is 2.75. The van der Waals surface area contributed by atoms with Crippen molar-refractivity contribution in [3.8, 4) is 5.75 Å². The zero-order valence-corrected chi connectivity index (χ0v) is 24.5. The van der Waals surface area contributed by atoms with Crippen molar-refractivity contribution >= 4 is 17.8 Å².